The van der Waals surface area contributed by atoms with E-state index in [2.05, 4.69) is 121 Å². The standard InChI is InChI=1S/C33H50O3Si/c1-8-25-33(6,7)30(24-23-27(9-2)35-31-22-16-17-26-34-31)36-37(32(3,4)5,28-18-12-10-13-19-28)29-20-14-11-15-21-29/h10-15,18-21,23-24,27,30-31H,8-9,16-17,22,25-26H2,1-7H3. The molecule has 4 heteroatoms. The van der Waals surface area contributed by atoms with Crippen LogP contribution >= 0.6 is 0 Å². The van der Waals surface area contributed by atoms with Gasteiger partial charge in [0.25, 0.3) is 8.32 Å². The predicted octanol–water partition coefficient (Wildman–Crippen LogP) is 7.64. The van der Waals surface area contributed by atoms with Gasteiger partial charge in [0.1, 0.15) is 0 Å². The minimum Gasteiger partial charge on any atom is -0.401 e. The van der Waals surface area contributed by atoms with E-state index in [1.165, 1.54) is 16.8 Å². The van der Waals surface area contributed by atoms with Crippen molar-refractivity contribution in [3.63, 3.8) is 0 Å². The Bertz CT molecular complexity index is 903. The van der Waals surface area contributed by atoms with Crippen LogP contribution < -0.4 is 10.4 Å². The first-order valence-corrected chi connectivity index (χ1v) is 16.3. The lowest BCUT2D eigenvalue weighted by atomic mass is 9.82. The van der Waals surface area contributed by atoms with Gasteiger partial charge in [0.05, 0.1) is 12.2 Å². The molecule has 0 bridgehead atoms. The summed E-state index contributed by atoms with van der Waals surface area (Å²) in [5.41, 5.74) is -0.0298. The van der Waals surface area contributed by atoms with Gasteiger partial charge in [0, 0.05) is 6.61 Å². The zero-order chi connectivity index (χ0) is 26.9. The summed E-state index contributed by atoms with van der Waals surface area (Å²) in [6, 6.07) is 21.9. The van der Waals surface area contributed by atoms with Crippen molar-refractivity contribution in [2.75, 3.05) is 6.61 Å². The second-order valence-corrected chi connectivity index (χ2v) is 16.5. The van der Waals surface area contributed by atoms with Crippen LogP contribution in [0.3, 0.4) is 0 Å². The molecule has 0 N–H and O–H groups in total. The monoisotopic (exact) mass is 522 g/mol. The van der Waals surface area contributed by atoms with Gasteiger partial charge in [0.2, 0.25) is 0 Å². The van der Waals surface area contributed by atoms with Crippen molar-refractivity contribution in [3.05, 3.63) is 72.8 Å². The Kier molecular flexibility index (Phi) is 10.8. The molecule has 3 atom stereocenters. The quantitative estimate of drug-likeness (QED) is 0.212. The summed E-state index contributed by atoms with van der Waals surface area (Å²) in [6.07, 6.45) is 10.8. The Morgan fingerprint density at radius 1 is 0.892 bits per heavy atom. The fraction of sp³-hybridized carbons (Fsp3) is 0.576. The molecule has 0 radical (unpaired) electrons. The van der Waals surface area contributed by atoms with Gasteiger partial charge in [-0.25, -0.2) is 0 Å². The van der Waals surface area contributed by atoms with E-state index in [1.807, 2.05) is 0 Å². The van der Waals surface area contributed by atoms with Crippen LogP contribution in [0.25, 0.3) is 0 Å². The van der Waals surface area contributed by atoms with Gasteiger partial charge in [-0.15, -0.1) is 0 Å². The van der Waals surface area contributed by atoms with Gasteiger partial charge in [-0.1, -0.05) is 128 Å². The number of benzene rings is 2. The molecule has 1 aliphatic heterocycles. The smallest absolute Gasteiger partial charge is 0.261 e. The molecule has 3 unspecified atom stereocenters. The third-order valence-electron chi connectivity index (χ3n) is 7.75. The topological polar surface area (TPSA) is 27.7 Å². The Morgan fingerprint density at radius 3 is 1.95 bits per heavy atom. The molecule has 0 amide bonds. The molecule has 2 aromatic rings. The van der Waals surface area contributed by atoms with Gasteiger partial charge < -0.3 is 13.9 Å². The SMILES string of the molecule is CCCC(C)(C)C(C=CC(CC)OC1CCCCO1)O[Si](c1ccccc1)(c1ccccc1)C(C)(C)C. The summed E-state index contributed by atoms with van der Waals surface area (Å²) in [5, 5.41) is 2.57. The lowest BCUT2D eigenvalue weighted by Crippen LogP contribution is -2.68. The Morgan fingerprint density at radius 2 is 1.49 bits per heavy atom. The Labute approximate surface area is 227 Å². The first-order chi connectivity index (χ1) is 17.6. The van der Waals surface area contributed by atoms with E-state index >= 15 is 0 Å². The van der Waals surface area contributed by atoms with Crippen LogP contribution in [0.15, 0.2) is 72.8 Å². The van der Waals surface area contributed by atoms with Crippen molar-refractivity contribution in [3.8, 4) is 0 Å². The summed E-state index contributed by atoms with van der Waals surface area (Å²) in [6.45, 7) is 17.0. The van der Waals surface area contributed by atoms with E-state index in [1.54, 1.807) is 0 Å². The van der Waals surface area contributed by atoms with Gasteiger partial charge in [0.15, 0.2) is 6.29 Å². The predicted molar refractivity (Wildman–Crippen MR) is 159 cm³/mol. The van der Waals surface area contributed by atoms with E-state index in [4.69, 9.17) is 13.9 Å². The number of rotatable bonds is 12. The molecule has 1 heterocycles. The maximum absolute atomic E-state index is 7.64. The highest BCUT2D eigenvalue weighted by molar-refractivity contribution is 6.99. The van der Waals surface area contributed by atoms with E-state index < -0.39 is 8.32 Å². The van der Waals surface area contributed by atoms with E-state index in [0.717, 1.165) is 38.7 Å². The average molecular weight is 523 g/mol. The lowest BCUT2D eigenvalue weighted by Gasteiger charge is -2.48. The molecule has 3 nitrogen and oxygen atoms in total. The van der Waals surface area contributed by atoms with Crippen molar-refractivity contribution in [2.24, 2.45) is 5.41 Å². The largest absolute Gasteiger partial charge is 0.401 e. The van der Waals surface area contributed by atoms with Crippen molar-refractivity contribution in [1.29, 1.82) is 0 Å². The van der Waals surface area contributed by atoms with Crippen LogP contribution in [-0.4, -0.2) is 33.4 Å². The minimum atomic E-state index is -2.69. The molecule has 37 heavy (non-hydrogen) atoms. The van der Waals surface area contributed by atoms with Crippen molar-refractivity contribution < 1.29 is 13.9 Å². The summed E-state index contributed by atoms with van der Waals surface area (Å²) >= 11 is 0. The molecule has 0 aromatic heterocycles. The molecule has 0 aliphatic carbocycles. The molecule has 1 fully saturated rings. The molecule has 1 saturated heterocycles. The molecular formula is C33H50O3Si. The van der Waals surface area contributed by atoms with Gasteiger partial charge >= 0.3 is 0 Å². The van der Waals surface area contributed by atoms with Crippen LogP contribution in [-0.2, 0) is 13.9 Å². The van der Waals surface area contributed by atoms with Gasteiger partial charge in [-0.3, -0.25) is 0 Å². The maximum atomic E-state index is 7.64. The summed E-state index contributed by atoms with van der Waals surface area (Å²) in [5.74, 6) is 0. The zero-order valence-electron chi connectivity index (χ0n) is 24.3. The van der Waals surface area contributed by atoms with Crippen LogP contribution in [0, 0.1) is 5.41 Å². The van der Waals surface area contributed by atoms with Crippen molar-refractivity contribution in [1.82, 2.24) is 0 Å². The second-order valence-electron chi connectivity index (χ2n) is 12.2. The Balaban J connectivity index is 2.06. The van der Waals surface area contributed by atoms with Crippen LogP contribution in [0.2, 0.25) is 5.04 Å². The normalized spacial score (nSPS) is 19.2. The Hall–Kier alpha value is -1.72. The summed E-state index contributed by atoms with van der Waals surface area (Å²) in [7, 11) is -2.69. The molecule has 204 valence electrons. The van der Waals surface area contributed by atoms with Crippen LogP contribution in [0.5, 0.6) is 0 Å². The van der Waals surface area contributed by atoms with Crippen molar-refractivity contribution in [2.45, 2.75) is 111 Å². The van der Waals surface area contributed by atoms with E-state index in [-0.39, 0.29) is 29.0 Å². The van der Waals surface area contributed by atoms with E-state index in [0.29, 0.717) is 0 Å². The summed E-state index contributed by atoms with van der Waals surface area (Å²) < 4.78 is 19.9. The second kappa shape index (κ2) is 13.4. The molecule has 3 rings (SSSR count). The number of ether oxygens (including phenoxy) is 2. The number of hydrogen-bond donors (Lipinski definition) is 0. The van der Waals surface area contributed by atoms with Gasteiger partial charge in [-0.2, -0.15) is 0 Å². The highest BCUT2D eigenvalue weighted by Gasteiger charge is 2.52. The highest BCUT2D eigenvalue weighted by Crippen LogP contribution is 2.41. The lowest BCUT2D eigenvalue weighted by molar-refractivity contribution is -0.178. The third kappa shape index (κ3) is 7.44. The fourth-order valence-corrected chi connectivity index (χ4v) is 10.4. The highest BCUT2D eigenvalue weighted by atomic mass is 28.4. The minimum absolute atomic E-state index is 0.0192. The molecule has 0 spiro atoms. The zero-order valence-corrected chi connectivity index (χ0v) is 25.3. The third-order valence-corrected chi connectivity index (χ3v) is 12.8. The van der Waals surface area contributed by atoms with E-state index in [9.17, 15) is 0 Å². The molecule has 1 aliphatic rings. The first-order valence-electron chi connectivity index (χ1n) is 14.4. The van der Waals surface area contributed by atoms with Crippen LogP contribution in [0.1, 0.15) is 87.0 Å². The number of hydrogen-bond acceptors (Lipinski definition) is 3. The molecule has 0 saturated carbocycles. The van der Waals surface area contributed by atoms with Gasteiger partial charge in [-0.05, 0) is 52.9 Å². The van der Waals surface area contributed by atoms with Crippen LogP contribution in [0.4, 0.5) is 0 Å². The average Bonchev–Trinajstić information content (AvgIpc) is 2.89. The summed E-state index contributed by atoms with van der Waals surface area (Å²) in [4.78, 5) is 0. The fourth-order valence-electron chi connectivity index (χ4n) is 5.64. The maximum Gasteiger partial charge on any atom is 0.261 e. The molecular weight excluding hydrogens is 472 g/mol. The first kappa shape index (κ1) is 29.8. The molecule has 2 aromatic carbocycles. The van der Waals surface area contributed by atoms with Crippen molar-refractivity contribution >= 4 is 18.7 Å².